The first-order valence-electron chi connectivity index (χ1n) is 10.2. The maximum Gasteiger partial charge on any atom is 0.133 e. The molecule has 0 radical (unpaired) electrons. The highest BCUT2D eigenvalue weighted by Gasteiger charge is 2.60. The Bertz CT molecular complexity index is 520. The Morgan fingerprint density at radius 2 is 1.67 bits per heavy atom. The van der Waals surface area contributed by atoms with Crippen LogP contribution in [0.2, 0.25) is 0 Å². The molecule has 4 aliphatic carbocycles. The molecule has 2 nitrogen and oxygen atoms in total. The van der Waals surface area contributed by atoms with Crippen molar-refractivity contribution in [1.29, 1.82) is 0 Å². The zero-order valence-electron chi connectivity index (χ0n) is 15.5. The molecule has 0 aromatic heterocycles. The summed E-state index contributed by atoms with van der Waals surface area (Å²) < 4.78 is 12.7. The third-order valence-electron chi connectivity index (χ3n) is 9.23. The van der Waals surface area contributed by atoms with Crippen LogP contribution >= 0.6 is 0 Å². The molecular formula is C21H33FO2. The number of ketones is 1. The third-order valence-corrected chi connectivity index (χ3v) is 9.23. The van der Waals surface area contributed by atoms with Gasteiger partial charge in [-0.1, -0.05) is 13.8 Å². The van der Waals surface area contributed by atoms with Gasteiger partial charge in [0.25, 0.3) is 0 Å². The largest absolute Gasteiger partial charge is 0.300 e. The smallest absolute Gasteiger partial charge is 0.133 e. The maximum atomic E-state index is 12.7. The molecule has 0 amide bonds. The van der Waals surface area contributed by atoms with Gasteiger partial charge in [0.2, 0.25) is 0 Å². The van der Waals surface area contributed by atoms with Gasteiger partial charge in [0, 0.05) is 5.92 Å². The van der Waals surface area contributed by atoms with Crippen LogP contribution in [0, 0.1) is 40.4 Å². The normalized spacial score (nSPS) is 53.8. The molecule has 4 saturated carbocycles. The van der Waals surface area contributed by atoms with Crippen LogP contribution in [0.25, 0.3) is 0 Å². The van der Waals surface area contributed by atoms with E-state index in [0.29, 0.717) is 23.0 Å². The van der Waals surface area contributed by atoms with Crippen molar-refractivity contribution in [2.45, 2.75) is 84.7 Å². The standard InChI is InChI=1S/C21H33FO2/c1-13(23)17-6-7-18-16-5-4-14-12-15(24-22)8-10-20(14,2)19(16)9-11-21(17,18)3/h14-19H,4-12H2,1-3H3. The summed E-state index contributed by atoms with van der Waals surface area (Å²) in [6.07, 6.45) is 10.1. The molecule has 0 aromatic rings. The highest BCUT2D eigenvalue weighted by molar-refractivity contribution is 5.79. The van der Waals surface area contributed by atoms with E-state index in [1.165, 1.54) is 32.1 Å². The van der Waals surface area contributed by atoms with Gasteiger partial charge in [-0.15, -0.1) is 0 Å². The number of hydrogen-bond donors (Lipinski definition) is 0. The van der Waals surface area contributed by atoms with Gasteiger partial charge in [0.15, 0.2) is 0 Å². The van der Waals surface area contributed by atoms with Crippen molar-refractivity contribution in [3.8, 4) is 0 Å². The van der Waals surface area contributed by atoms with E-state index in [1.807, 2.05) is 0 Å². The van der Waals surface area contributed by atoms with E-state index in [4.69, 9.17) is 0 Å². The Morgan fingerprint density at radius 3 is 2.38 bits per heavy atom. The van der Waals surface area contributed by atoms with Gasteiger partial charge in [0.05, 0.1) is 6.10 Å². The van der Waals surface area contributed by atoms with Crippen LogP contribution in [0.4, 0.5) is 4.53 Å². The lowest BCUT2D eigenvalue weighted by molar-refractivity contribution is -0.215. The second-order valence-electron chi connectivity index (χ2n) is 9.93. The topological polar surface area (TPSA) is 26.3 Å². The quantitative estimate of drug-likeness (QED) is 0.665. The van der Waals surface area contributed by atoms with Gasteiger partial charge in [-0.05, 0) is 104 Å². The van der Waals surface area contributed by atoms with Crippen molar-refractivity contribution >= 4 is 5.78 Å². The number of carbonyl (C=O) groups excluding carboxylic acids is 1. The van der Waals surface area contributed by atoms with Crippen LogP contribution in [0.1, 0.15) is 78.6 Å². The molecule has 136 valence electrons. The minimum Gasteiger partial charge on any atom is -0.300 e. The number of carbonyl (C=O) groups is 1. The van der Waals surface area contributed by atoms with Crippen molar-refractivity contribution in [2.24, 2.45) is 40.4 Å². The molecule has 3 heteroatoms. The molecule has 8 atom stereocenters. The van der Waals surface area contributed by atoms with Crippen LogP contribution in [-0.4, -0.2) is 11.9 Å². The van der Waals surface area contributed by atoms with Crippen molar-refractivity contribution in [2.75, 3.05) is 0 Å². The fourth-order valence-electron chi connectivity index (χ4n) is 7.97. The molecule has 0 aliphatic heterocycles. The van der Waals surface area contributed by atoms with Crippen molar-refractivity contribution < 1.29 is 14.3 Å². The van der Waals surface area contributed by atoms with Crippen LogP contribution in [0.15, 0.2) is 0 Å². The first kappa shape index (κ1) is 17.0. The van der Waals surface area contributed by atoms with Gasteiger partial charge >= 0.3 is 0 Å². The van der Waals surface area contributed by atoms with Crippen molar-refractivity contribution in [1.82, 2.24) is 0 Å². The van der Waals surface area contributed by atoms with Crippen LogP contribution < -0.4 is 0 Å². The molecule has 4 fully saturated rings. The SMILES string of the molecule is CC(=O)C1CCC2C3CCC4CC(OF)CCC4(C)C3CCC12C. The van der Waals surface area contributed by atoms with Gasteiger partial charge in [-0.3, -0.25) is 4.79 Å². The van der Waals surface area contributed by atoms with Gasteiger partial charge in [-0.25, -0.2) is 0 Å². The van der Waals surface area contributed by atoms with Crippen LogP contribution in [0.3, 0.4) is 0 Å². The van der Waals surface area contributed by atoms with E-state index >= 15 is 0 Å². The molecule has 0 aromatic carbocycles. The zero-order chi connectivity index (χ0) is 17.1. The summed E-state index contributed by atoms with van der Waals surface area (Å²) in [6, 6.07) is 0. The molecule has 0 N–H and O–H groups in total. The Kier molecular flexibility index (Phi) is 4.10. The second-order valence-corrected chi connectivity index (χ2v) is 9.93. The lowest BCUT2D eigenvalue weighted by Crippen LogP contribution is -2.54. The van der Waals surface area contributed by atoms with E-state index in [2.05, 4.69) is 18.8 Å². The Morgan fingerprint density at radius 1 is 0.958 bits per heavy atom. The number of rotatable bonds is 2. The molecule has 4 aliphatic rings. The zero-order valence-corrected chi connectivity index (χ0v) is 15.5. The average Bonchev–Trinajstić information content (AvgIpc) is 2.91. The van der Waals surface area contributed by atoms with Crippen LogP contribution in [-0.2, 0) is 9.74 Å². The van der Waals surface area contributed by atoms with Gasteiger partial charge in [0.1, 0.15) is 5.78 Å². The summed E-state index contributed by atoms with van der Waals surface area (Å²) in [7, 11) is 0. The number of halogens is 1. The minimum atomic E-state index is -0.165. The van der Waals surface area contributed by atoms with Crippen molar-refractivity contribution in [3.05, 3.63) is 0 Å². The first-order chi connectivity index (χ1) is 11.4. The molecule has 4 rings (SSSR count). The Hall–Kier alpha value is -0.440. The average molecular weight is 336 g/mol. The van der Waals surface area contributed by atoms with E-state index in [0.717, 1.165) is 43.4 Å². The molecule has 0 saturated heterocycles. The van der Waals surface area contributed by atoms with E-state index in [1.54, 1.807) is 6.92 Å². The van der Waals surface area contributed by atoms with E-state index in [-0.39, 0.29) is 11.5 Å². The lowest BCUT2D eigenvalue weighted by atomic mass is 9.44. The molecule has 0 bridgehead atoms. The second kappa shape index (κ2) is 5.79. The molecule has 8 unspecified atom stereocenters. The predicted octanol–water partition coefficient (Wildman–Crippen LogP) is 5.50. The molecular weight excluding hydrogens is 303 g/mol. The monoisotopic (exact) mass is 336 g/mol. The summed E-state index contributed by atoms with van der Waals surface area (Å²) >= 11 is 0. The van der Waals surface area contributed by atoms with E-state index < -0.39 is 0 Å². The fraction of sp³-hybridized carbons (Fsp3) is 0.952. The molecule has 24 heavy (non-hydrogen) atoms. The predicted molar refractivity (Wildman–Crippen MR) is 91.9 cm³/mol. The maximum absolute atomic E-state index is 12.7. The summed E-state index contributed by atoms with van der Waals surface area (Å²) in [5.74, 6) is 3.64. The minimum absolute atomic E-state index is 0.165. The van der Waals surface area contributed by atoms with Gasteiger partial charge < -0.3 is 0 Å². The Labute approximate surface area is 145 Å². The summed E-state index contributed by atoms with van der Waals surface area (Å²) in [5.41, 5.74) is 0.614. The lowest BCUT2D eigenvalue weighted by Gasteiger charge is -2.60. The highest BCUT2D eigenvalue weighted by atomic mass is 19.3. The summed E-state index contributed by atoms with van der Waals surface area (Å²) in [5, 5.41) is 0. The number of fused-ring (bicyclic) bond motifs is 5. The molecule has 0 spiro atoms. The highest BCUT2D eigenvalue weighted by Crippen LogP contribution is 2.67. The molecule has 0 heterocycles. The van der Waals surface area contributed by atoms with Crippen LogP contribution in [0.5, 0.6) is 0 Å². The Balaban J connectivity index is 1.59. The van der Waals surface area contributed by atoms with Gasteiger partial charge in [-0.2, -0.15) is 4.94 Å². The number of hydrogen-bond acceptors (Lipinski definition) is 2. The summed E-state index contributed by atoms with van der Waals surface area (Å²) in [4.78, 5) is 16.4. The van der Waals surface area contributed by atoms with E-state index in [9.17, 15) is 9.32 Å². The fourth-order valence-corrected chi connectivity index (χ4v) is 7.97. The number of Topliss-reactive ketones (excluding diaryl/α,β-unsaturated/α-hetero) is 1. The third kappa shape index (κ3) is 2.26. The first-order valence-corrected chi connectivity index (χ1v) is 10.2. The van der Waals surface area contributed by atoms with Crippen molar-refractivity contribution in [3.63, 3.8) is 0 Å². The summed E-state index contributed by atoms with van der Waals surface area (Å²) in [6.45, 7) is 6.71.